The van der Waals surface area contributed by atoms with Crippen molar-refractivity contribution in [2.45, 2.75) is 19.9 Å². The Hall–Kier alpha value is -0.0600. The fourth-order valence-electron chi connectivity index (χ4n) is 1.54. The van der Waals surface area contributed by atoms with Crippen LogP contribution in [0, 0.1) is 11.7 Å². The van der Waals surface area contributed by atoms with E-state index >= 15 is 0 Å². The van der Waals surface area contributed by atoms with Crippen LogP contribution in [-0.4, -0.2) is 18.6 Å². The van der Waals surface area contributed by atoms with Gasteiger partial charge in [0, 0.05) is 17.4 Å². The Bertz CT molecular complexity index is 357. The van der Waals surface area contributed by atoms with Gasteiger partial charge in [-0.25, -0.2) is 4.39 Å². The summed E-state index contributed by atoms with van der Waals surface area (Å²) < 4.78 is 14.5. The van der Waals surface area contributed by atoms with Gasteiger partial charge in [0.1, 0.15) is 5.82 Å². The third-order valence-corrected chi connectivity index (χ3v) is 4.52. The van der Waals surface area contributed by atoms with E-state index in [2.05, 4.69) is 35.1 Å². The summed E-state index contributed by atoms with van der Waals surface area (Å²) in [6, 6.07) is 5.51. The molecule has 0 radical (unpaired) electrons. The molecule has 0 fully saturated rings. The molecule has 1 atom stereocenters. The molecule has 17 heavy (non-hydrogen) atoms. The largest absolute Gasteiger partial charge is 0.312 e. The molecule has 0 saturated heterocycles. The lowest BCUT2D eigenvalue weighted by Crippen LogP contribution is -2.20. The van der Waals surface area contributed by atoms with Crippen molar-refractivity contribution in [1.82, 2.24) is 5.32 Å². The van der Waals surface area contributed by atoms with Crippen molar-refractivity contribution < 1.29 is 4.39 Å². The summed E-state index contributed by atoms with van der Waals surface area (Å²) in [7, 11) is 1.88. The third kappa shape index (κ3) is 4.60. The summed E-state index contributed by atoms with van der Waals surface area (Å²) in [5, 5.41) is 3.18. The van der Waals surface area contributed by atoms with E-state index < -0.39 is 0 Å². The predicted molar refractivity (Wildman–Crippen MR) is 78.1 cm³/mol. The average molecular weight is 320 g/mol. The van der Waals surface area contributed by atoms with E-state index in [4.69, 9.17) is 0 Å². The highest BCUT2D eigenvalue weighted by Crippen LogP contribution is 2.26. The Labute approximate surface area is 116 Å². The molecule has 0 aromatic heterocycles. The van der Waals surface area contributed by atoms with Gasteiger partial charge >= 0.3 is 0 Å². The predicted octanol–water partition coefficient (Wildman–Crippen LogP) is 4.24. The summed E-state index contributed by atoms with van der Waals surface area (Å²) in [6.07, 6.45) is 0. The minimum absolute atomic E-state index is 0.0660. The smallest absolute Gasteiger partial charge is 0.142 e. The van der Waals surface area contributed by atoms with Crippen LogP contribution in [0.3, 0.4) is 0 Å². The first-order valence-corrected chi connectivity index (χ1v) is 7.70. The molecule has 96 valence electrons. The normalized spacial score (nSPS) is 13.1. The second-order valence-electron chi connectivity index (χ2n) is 4.42. The van der Waals surface area contributed by atoms with Crippen molar-refractivity contribution in [2.75, 3.05) is 18.6 Å². The molecule has 1 nitrogen and oxygen atoms in total. The first-order valence-electron chi connectivity index (χ1n) is 5.75. The van der Waals surface area contributed by atoms with E-state index in [9.17, 15) is 4.39 Å². The Morgan fingerprint density at radius 1 is 1.35 bits per heavy atom. The molecule has 0 aliphatic rings. The number of hydrogen-bond donors (Lipinski definition) is 1. The maximum atomic E-state index is 13.9. The van der Waals surface area contributed by atoms with Gasteiger partial charge in [-0.3, -0.25) is 0 Å². The lowest BCUT2D eigenvalue weighted by molar-refractivity contribution is 0.560. The van der Waals surface area contributed by atoms with Crippen molar-refractivity contribution in [1.29, 1.82) is 0 Å². The lowest BCUT2D eigenvalue weighted by atomic mass is 10.1. The monoisotopic (exact) mass is 319 g/mol. The number of thioether (sulfide) groups is 1. The van der Waals surface area contributed by atoms with Gasteiger partial charge in [-0.2, -0.15) is 11.8 Å². The van der Waals surface area contributed by atoms with Gasteiger partial charge in [-0.15, -0.1) is 0 Å². The van der Waals surface area contributed by atoms with Crippen LogP contribution in [0.5, 0.6) is 0 Å². The van der Waals surface area contributed by atoms with Gasteiger partial charge in [0.15, 0.2) is 0 Å². The summed E-state index contributed by atoms with van der Waals surface area (Å²) in [5.74, 6) is 2.51. The molecule has 0 spiro atoms. The fourth-order valence-corrected chi connectivity index (χ4v) is 3.11. The number of halogens is 2. The highest BCUT2D eigenvalue weighted by molar-refractivity contribution is 9.10. The van der Waals surface area contributed by atoms with Crippen molar-refractivity contribution in [3.8, 4) is 0 Å². The number of nitrogens with one attached hydrogen (secondary N) is 1. The van der Waals surface area contributed by atoms with E-state index in [1.165, 1.54) is 0 Å². The van der Waals surface area contributed by atoms with Gasteiger partial charge in [0.05, 0.1) is 4.47 Å². The van der Waals surface area contributed by atoms with Crippen molar-refractivity contribution in [3.05, 3.63) is 34.1 Å². The van der Waals surface area contributed by atoms with Crippen LogP contribution >= 0.6 is 27.7 Å². The summed E-state index contributed by atoms with van der Waals surface area (Å²) >= 11 is 5.08. The Morgan fingerprint density at radius 3 is 2.65 bits per heavy atom. The Balaban J connectivity index is 2.69. The van der Waals surface area contributed by atoms with E-state index in [-0.39, 0.29) is 11.9 Å². The quantitative estimate of drug-likeness (QED) is 0.841. The molecule has 0 bridgehead atoms. The minimum Gasteiger partial charge on any atom is -0.312 e. The maximum Gasteiger partial charge on any atom is 0.142 e. The maximum absolute atomic E-state index is 13.9. The van der Waals surface area contributed by atoms with Crippen LogP contribution in [0.25, 0.3) is 0 Å². The van der Waals surface area contributed by atoms with Crippen LogP contribution < -0.4 is 5.32 Å². The second-order valence-corrected chi connectivity index (χ2v) is 6.34. The molecule has 0 amide bonds. The minimum atomic E-state index is -0.156. The van der Waals surface area contributed by atoms with E-state index in [0.29, 0.717) is 10.4 Å². The first kappa shape index (κ1) is 15.0. The summed E-state index contributed by atoms with van der Waals surface area (Å²) in [4.78, 5) is 0. The number of hydrogen-bond acceptors (Lipinski definition) is 2. The Kier molecular flexibility index (Phi) is 6.52. The highest BCUT2D eigenvalue weighted by atomic mass is 79.9. The third-order valence-electron chi connectivity index (χ3n) is 2.44. The van der Waals surface area contributed by atoms with E-state index in [1.54, 1.807) is 6.07 Å². The highest BCUT2D eigenvalue weighted by Gasteiger charge is 2.15. The van der Waals surface area contributed by atoms with Crippen LogP contribution in [0.1, 0.15) is 25.5 Å². The van der Waals surface area contributed by atoms with Crippen LogP contribution in [0.2, 0.25) is 0 Å². The lowest BCUT2D eigenvalue weighted by Gasteiger charge is -2.18. The van der Waals surface area contributed by atoms with Crippen LogP contribution in [0.15, 0.2) is 22.7 Å². The molecule has 0 aliphatic carbocycles. The zero-order valence-corrected chi connectivity index (χ0v) is 12.9. The van der Waals surface area contributed by atoms with E-state index in [1.807, 2.05) is 30.9 Å². The zero-order chi connectivity index (χ0) is 12.8. The molecule has 0 aliphatic heterocycles. The van der Waals surface area contributed by atoms with Crippen LogP contribution in [-0.2, 0) is 0 Å². The average Bonchev–Trinajstić information content (AvgIpc) is 2.28. The second kappa shape index (κ2) is 7.39. The standard InChI is InChI=1S/C13H19BrFNS/c1-9(2)7-17-8-12(16-3)10-5-4-6-11(14)13(10)15/h4-6,9,12,16H,7-8H2,1-3H3. The fraction of sp³-hybridized carbons (Fsp3) is 0.538. The molecule has 1 rings (SSSR count). The first-order chi connectivity index (χ1) is 8.06. The van der Waals surface area contributed by atoms with Gasteiger partial charge in [0.2, 0.25) is 0 Å². The van der Waals surface area contributed by atoms with Gasteiger partial charge in [-0.1, -0.05) is 26.0 Å². The van der Waals surface area contributed by atoms with Crippen molar-refractivity contribution in [3.63, 3.8) is 0 Å². The molecular weight excluding hydrogens is 301 g/mol. The topological polar surface area (TPSA) is 12.0 Å². The summed E-state index contributed by atoms with van der Waals surface area (Å²) in [5.41, 5.74) is 0.734. The molecule has 1 N–H and O–H groups in total. The van der Waals surface area contributed by atoms with Crippen molar-refractivity contribution >= 4 is 27.7 Å². The molecule has 0 saturated carbocycles. The van der Waals surface area contributed by atoms with Gasteiger partial charge < -0.3 is 5.32 Å². The van der Waals surface area contributed by atoms with Crippen molar-refractivity contribution in [2.24, 2.45) is 5.92 Å². The molecule has 4 heteroatoms. The molecular formula is C13H19BrFNS. The summed E-state index contributed by atoms with van der Waals surface area (Å²) in [6.45, 7) is 4.39. The Morgan fingerprint density at radius 2 is 2.06 bits per heavy atom. The van der Waals surface area contributed by atoms with Gasteiger partial charge in [0.25, 0.3) is 0 Å². The molecule has 1 aromatic carbocycles. The number of benzene rings is 1. The number of rotatable bonds is 6. The molecule has 1 aromatic rings. The van der Waals surface area contributed by atoms with E-state index in [0.717, 1.165) is 17.1 Å². The SMILES string of the molecule is CNC(CSCC(C)C)c1cccc(Br)c1F. The zero-order valence-electron chi connectivity index (χ0n) is 10.5. The molecule has 1 unspecified atom stereocenters. The van der Waals surface area contributed by atoms with Crippen LogP contribution in [0.4, 0.5) is 4.39 Å². The van der Waals surface area contributed by atoms with Gasteiger partial charge in [-0.05, 0) is 40.7 Å². The molecule has 0 heterocycles.